The van der Waals surface area contributed by atoms with Crippen molar-refractivity contribution in [2.45, 2.75) is 51.5 Å². The third kappa shape index (κ3) is 4.28. The summed E-state index contributed by atoms with van der Waals surface area (Å²) in [5, 5.41) is 25.9. The number of nitrogens with zero attached hydrogens (tertiary/aromatic N) is 4. The Morgan fingerprint density at radius 2 is 1.88 bits per heavy atom. The molecule has 0 aliphatic carbocycles. The lowest BCUT2D eigenvalue weighted by Crippen LogP contribution is -2.28. The maximum absolute atomic E-state index is 12.5. The molecule has 2 aromatic carbocycles. The molecule has 2 aromatic heterocycles. The molecule has 0 spiro atoms. The molecule has 7 heteroatoms. The Balaban J connectivity index is 1.71. The van der Waals surface area contributed by atoms with Gasteiger partial charge in [-0.1, -0.05) is 69.2 Å². The molecule has 0 aliphatic heterocycles. The fourth-order valence-corrected chi connectivity index (χ4v) is 4.86. The zero-order chi connectivity index (χ0) is 22.5. The Morgan fingerprint density at radius 1 is 1.09 bits per heavy atom. The third-order valence-corrected chi connectivity index (χ3v) is 6.36. The highest BCUT2D eigenvalue weighted by Gasteiger charge is 2.32. The van der Waals surface area contributed by atoms with Crippen LogP contribution in [0.2, 0.25) is 0 Å². The number of benzene rings is 2. The Kier molecular flexibility index (Phi) is 6.63. The van der Waals surface area contributed by atoms with E-state index in [9.17, 15) is 9.90 Å². The van der Waals surface area contributed by atoms with Gasteiger partial charge in [-0.3, -0.25) is 0 Å². The number of hydrogen-bond donors (Lipinski definition) is 2. The van der Waals surface area contributed by atoms with Crippen LogP contribution in [0.3, 0.4) is 0 Å². The molecular weight excluding hydrogens is 402 g/mol. The standard InChI is InChI=1S/C25H29N5O2/c1-3-9-19(20-11-6-7-12-21(20)24-26-28-29-27-24)16-17(4-2)23(25(31)32)30-15-14-18-10-5-8-13-22(18)30/h5-8,10-15,17,19,23H,3-4,9,16H2,1-2H3,(H,31,32)(H,26,27,28,29). The van der Waals surface area contributed by atoms with Crippen molar-refractivity contribution in [1.82, 2.24) is 25.2 Å². The first-order chi connectivity index (χ1) is 15.6. The Bertz CT molecular complexity index is 1170. The van der Waals surface area contributed by atoms with Gasteiger partial charge in [-0.2, -0.15) is 5.21 Å². The molecule has 0 bridgehead atoms. The van der Waals surface area contributed by atoms with Crippen molar-refractivity contribution in [3.05, 3.63) is 66.4 Å². The van der Waals surface area contributed by atoms with Crippen LogP contribution in [0.15, 0.2) is 60.8 Å². The van der Waals surface area contributed by atoms with E-state index in [-0.39, 0.29) is 11.8 Å². The predicted octanol–water partition coefficient (Wildman–Crippen LogP) is 5.45. The van der Waals surface area contributed by atoms with Crippen molar-refractivity contribution >= 4 is 16.9 Å². The maximum atomic E-state index is 12.5. The van der Waals surface area contributed by atoms with Crippen LogP contribution in [0.4, 0.5) is 0 Å². The summed E-state index contributed by atoms with van der Waals surface area (Å²) < 4.78 is 1.93. The first kappa shape index (κ1) is 21.7. The van der Waals surface area contributed by atoms with Crippen molar-refractivity contribution in [3.8, 4) is 11.4 Å². The molecule has 3 unspecified atom stereocenters. The summed E-state index contributed by atoms with van der Waals surface area (Å²) in [5.41, 5.74) is 3.06. The van der Waals surface area contributed by atoms with Gasteiger partial charge >= 0.3 is 5.97 Å². The summed E-state index contributed by atoms with van der Waals surface area (Å²) in [4.78, 5) is 12.5. The summed E-state index contributed by atoms with van der Waals surface area (Å²) in [6, 6.07) is 17.4. The van der Waals surface area contributed by atoms with Gasteiger partial charge in [0, 0.05) is 17.3 Å². The first-order valence-electron chi connectivity index (χ1n) is 11.2. The van der Waals surface area contributed by atoms with Crippen LogP contribution in [0, 0.1) is 5.92 Å². The third-order valence-electron chi connectivity index (χ3n) is 6.36. The SMILES string of the molecule is CCCC(CC(CC)C(C(=O)O)n1ccc2ccccc21)c1ccccc1-c1nn[nH]n1. The van der Waals surface area contributed by atoms with E-state index in [2.05, 4.69) is 40.5 Å². The number of aromatic amines is 1. The second kappa shape index (κ2) is 9.77. The molecule has 32 heavy (non-hydrogen) atoms. The van der Waals surface area contributed by atoms with Gasteiger partial charge in [0.05, 0.1) is 0 Å². The fraction of sp³-hybridized carbons (Fsp3) is 0.360. The summed E-state index contributed by atoms with van der Waals surface area (Å²) in [7, 11) is 0. The second-order valence-electron chi connectivity index (χ2n) is 8.28. The lowest BCUT2D eigenvalue weighted by Gasteiger charge is -2.29. The number of aliphatic carboxylic acids is 1. The van der Waals surface area contributed by atoms with E-state index < -0.39 is 12.0 Å². The molecule has 3 atom stereocenters. The predicted molar refractivity (Wildman–Crippen MR) is 124 cm³/mol. The number of rotatable bonds is 10. The first-order valence-corrected chi connectivity index (χ1v) is 11.2. The molecule has 4 rings (SSSR count). The van der Waals surface area contributed by atoms with Crippen LogP contribution >= 0.6 is 0 Å². The Labute approximate surface area is 187 Å². The smallest absolute Gasteiger partial charge is 0.326 e. The van der Waals surface area contributed by atoms with Crippen LogP contribution < -0.4 is 0 Å². The van der Waals surface area contributed by atoms with Crippen LogP contribution in [0.1, 0.15) is 57.1 Å². The van der Waals surface area contributed by atoms with Crippen molar-refractivity contribution in [2.75, 3.05) is 0 Å². The number of tetrazole rings is 1. The number of carboxylic acids is 1. The number of fused-ring (bicyclic) bond motifs is 1. The fourth-order valence-electron chi connectivity index (χ4n) is 4.86. The second-order valence-corrected chi connectivity index (χ2v) is 8.28. The molecule has 0 amide bonds. The monoisotopic (exact) mass is 431 g/mol. The number of carboxylic acid groups (broad SMARTS) is 1. The van der Waals surface area contributed by atoms with Crippen molar-refractivity contribution < 1.29 is 9.90 Å². The molecule has 166 valence electrons. The van der Waals surface area contributed by atoms with E-state index in [0.717, 1.165) is 47.7 Å². The summed E-state index contributed by atoms with van der Waals surface area (Å²) in [6.45, 7) is 4.25. The number of hydrogen-bond acceptors (Lipinski definition) is 4. The molecule has 0 saturated carbocycles. The van der Waals surface area contributed by atoms with Crippen molar-refractivity contribution in [2.24, 2.45) is 5.92 Å². The van der Waals surface area contributed by atoms with E-state index in [1.165, 1.54) is 0 Å². The van der Waals surface area contributed by atoms with Gasteiger partial charge in [0.2, 0.25) is 5.82 Å². The zero-order valence-corrected chi connectivity index (χ0v) is 18.5. The molecule has 4 aromatic rings. The maximum Gasteiger partial charge on any atom is 0.326 e. The minimum atomic E-state index is -0.792. The lowest BCUT2D eigenvalue weighted by atomic mass is 9.79. The summed E-state index contributed by atoms with van der Waals surface area (Å²) in [6.07, 6.45) is 5.42. The highest BCUT2D eigenvalue weighted by atomic mass is 16.4. The van der Waals surface area contributed by atoms with Crippen LogP contribution in [0.25, 0.3) is 22.3 Å². The van der Waals surface area contributed by atoms with E-state index in [1.54, 1.807) is 0 Å². The number of carbonyl (C=O) groups is 1. The van der Waals surface area contributed by atoms with Gasteiger partial charge in [0.1, 0.15) is 6.04 Å². The highest BCUT2D eigenvalue weighted by molar-refractivity contribution is 5.83. The molecule has 0 saturated heterocycles. The van der Waals surface area contributed by atoms with E-state index in [0.29, 0.717) is 5.82 Å². The van der Waals surface area contributed by atoms with Gasteiger partial charge in [0.15, 0.2) is 0 Å². The highest BCUT2D eigenvalue weighted by Crippen LogP contribution is 2.39. The number of H-pyrrole nitrogens is 1. The summed E-state index contributed by atoms with van der Waals surface area (Å²) in [5.74, 6) is -0.0534. The lowest BCUT2D eigenvalue weighted by molar-refractivity contribution is -0.142. The van der Waals surface area contributed by atoms with Crippen LogP contribution in [-0.2, 0) is 4.79 Å². The van der Waals surface area contributed by atoms with Gasteiger partial charge in [-0.15, -0.1) is 10.2 Å². The molecular formula is C25H29N5O2. The minimum absolute atomic E-state index is 0.0295. The Morgan fingerprint density at radius 3 is 2.59 bits per heavy atom. The molecule has 2 N–H and O–H groups in total. The average Bonchev–Trinajstić information content (AvgIpc) is 3.49. The van der Waals surface area contributed by atoms with Crippen molar-refractivity contribution in [1.29, 1.82) is 0 Å². The normalized spacial score (nSPS) is 14.3. The zero-order valence-electron chi connectivity index (χ0n) is 18.5. The number of nitrogens with one attached hydrogen (secondary N) is 1. The van der Waals surface area contributed by atoms with E-state index in [4.69, 9.17) is 0 Å². The summed E-state index contributed by atoms with van der Waals surface area (Å²) >= 11 is 0. The topological polar surface area (TPSA) is 96.7 Å². The largest absolute Gasteiger partial charge is 0.480 e. The number of aromatic nitrogens is 5. The molecule has 0 aliphatic rings. The Hall–Kier alpha value is -3.48. The number of para-hydroxylation sites is 1. The van der Waals surface area contributed by atoms with Gasteiger partial charge < -0.3 is 9.67 Å². The van der Waals surface area contributed by atoms with E-state index >= 15 is 0 Å². The van der Waals surface area contributed by atoms with Gasteiger partial charge in [0.25, 0.3) is 0 Å². The molecule has 2 heterocycles. The molecule has 0 radical (unpaired) electrons. The van der Waals surface area contributed by atoms with E-state index in [1.807, 2.05) is 59.3 Å². The van der Waals surface area contributed by atoms with Crippen LogP contribution in [0.5, 0.6) is 0 Å². The molecule has 0 fully saturated rings. The van der Waals surface area contributed by atoms with Gasteiger partial charge in [-0.25, -0.2) is 4.79 Å². The van der Waals surface area contributed by atoms with Crippen molar-refractivity contribution in [3.63, 3.8) is 0 Å². The molecule has 7 nitrogen and oxygen atoms in total. The van der Waals surface area contributed by atoms with Crippen LogP contribution in [-0.4, -0.2) is 36.3 Å². The average molecular weight is 432 g/mol. The van der Waals surface area contributed by atoms with Gasteiger partial charge in [-0.05, 0) is 53.0 Å². The minimum Gasteiger partial charge on any atom is -0.480 e. The quantitative estimate of drug-likeness (QED) is 0.348.